The number of nitrogens with zero attached hydrogens (tertiary/aromatic N) is 3. The van der Waals surface area contributed by atoms with Crippen LogP contribution in [-0.4, -0.2) is 27.1 Å². The van der Waals surface area contributed by atoms with Crippen LogP contribution in [0.3, 0.4) is 0 Å². The number of hydrogen-bond donors (Lipinski definition) is 1. The number of carbonyl (C=O) groups excluding carboxylic acids is 2. The largest absolute Gasteiger partial charge is 0.347 e. The molecule has 1 aromatic heterocycles. The smallest absolute Gasteiger partial charge is 0.293 e. The Labute approximate surface area is 246 Å². The number of hydroxylamine groups is 1. The van der Waals surface area contributed by atoms with E-state index in [1.165, 1.54) is 14.3 Å². The van der Waals surface area contributed by atoms with Crippen LogP contribution in [0.15, 0.2) is 114 Å². The Hall–Kier alpha value is -4.69. The molecule has 8 nitrogen and oxygen atoms in total. The third kappa shape index (κ3) is 8.65. The van der Waals surface area contributed by atoms with E-state index in [0.29, 0.717) is 13.0 Å². The standard InChI is InChI=1S/C34H38N4O4/c1-27(2)21-22-32(39)38(37-24-23-36(34(37)41)25-29-15-8-4-9-16-29)31(20-12-19-28-13-6-3-7-14-28)33(40)35-42-26-30-17-10-5-11-18-30/h3-19,23-24,27,31H,20-22,25-26H2,1-2H3,(H,35,40)/t31-/m0/s1. The quantitative estimate of drug-likeness (QED) is 0.210. The summed E-state index contributed by atoms with van der Waals surface area (Å²) in [5, 5.41) is 1.28. The van der Waals surface area contributed by atoms with E-state index < -0.39 is 17.6 Å². The first-order chi connectivity index (χ1) is 20.4. The Balaban J connectivity index is 1.64. The van der Waals surface area contributed by atoms with Crippen molar-refractivity contribution >= 4 is 17.9 Å². The Bertz CT molecular complexity index is 1490. The molecule has 1 heterocycles. The highest BCUT2D eigenvalue weighted by atomic mass is 16.6. The average molecular weight is 567 g/mol. The van der Waals surface area contributed by atoms with Crippen LogP contribution in [0.25, 0.3) is 6.08 Å². The fourth-order valence-corrected chi connectivity index (χ4v) is 4.49. The lowest BCUT2D eigenvalue weighted by molar-refractivity contribution is -0.138. The van der Waals surface area contributed by atoms with Gasteiger partial charge in [0.15, 0.2) is 0 Å². The van der Waals surface area contributed by atoms with E-state index in [1.807, 2.05) is 117 Å². The van der Waals surface area contributed by atoms with Crippen LogP contribution in [0.1, 0.15) is 49.8 Å². The van der Waals surface area contributed by atoms with Crippen molar-refractivity contribution in [2.24, 2.45) is 5.92 Å². The number of hydrogen-bond acceptors (Lipinski definition) is 4. The predicted octanol–water partition coefficient (Wildman–Crippen LogP) is 5.32. The third-order valence-corrected chi connectivity index (χ3v) is 6.77. The molecule has 2 amide bonds. The Kier molecular flexibility index (Phi) is 11.1. The molecule has 0 aliphatic carbocycles. The molecule has 0 radical (unpaired) electrons. The number of amides is 2. The summed E-state index contributed by atoms with van der Waals surface area (Å²) in [6, 6.07) is 27.7. The van der Waals surface area contributed by atoms with Crippen molar-refractivity contribution in [3.05, 3.63) is 137 Å². The fourth-order valence-electron chi connectivity index (χ4n) is 4.49. The van der Waals surface area contributed by atoms with Gasteiger partial charge in [-0.05, 0) is 35.4 Å². The van der Waals surface area contributed by atoms with E-state index in [4.69, 9.17) is 4.84 Å². The zero-order chi connectivity index (χ0) is 29.7. The van der Waals surface area contributed by atoms with E-state index in [1.54, 1.807) is 12.4 Å². The van der Waals surface area contributed by atoms with Crippen molar-refractivity contribution in [3.8, 4) is 0 Å². The lowest BCUT2D eigenvalue weighted by atomic mass is 10.1. The maximum absolute atomic E-state index is 13.8. The van der Waals surface area contributed by atoms with E-state index in [0.717, 1.165) is 16.7 Å². The molecule has 1 N–H and O–H groups in total. The van der Waals surface area contributed by atoms with Crippen molar-refractivity contribution in [1.82, 2.24) is 14.7 Å². The summed E-state index contributed by atoms with van der Waals surface area (Å²) < 4.78 is 2.78. The number of nitrogens with one attached hydrogen (secondary N) is 1. The van der Waals surface area contributed by atoms with E-state index in [9.17, 15) is 14.4 Å². The van der Waals surface area contributed by atoms with Crippen LogP contribution < -0.4 is 16.2 Å². The molecule has 0 aliphatic heterocycles. The lowest BCUT2D eigenvalue weighted by Gasteiger charge is -2.30. The van der Waals surface area contributed by atoms with Crippen molar-refractivity contribution in [2.75, 3.05) is 5.01 Å². The number of benzene rings is 3. The monoisotopic (exact) mass is 566 g/mol. The number of imidazole rings is 1. The second-order valence-corrected chi connectivity index (χ2v) is 10.5. The lowest BCUT2D eigenvalue weighted by Crippen LogP contribution is -2.57. The zero-order valence-electron chi connectivity index (χ0n) is 24.1. The summed E-state index contributed by atoms with van der Waals surface area (Å²) in [4.78, 5) is 46.6. The molecule has 3 aromatic carbocycles. The van der Waals surface area contributed by atoms with Gasteiger partial charge in [-0.1, -0.05) is 117 Å². The van der Waals surface area contributed by atoms with Gasteiger partial charge in [-0.3, -0.25) is 19.0 Å². The first kappa shape index (κ1) is 30.3. The molecular formula is C34H38N4O4. The van der Waals surface area contributed by atoms with Gasteiger partial charge in [-0.15, -0.1) is 0 Å². The van der Waals surface area contributed by atoms with E-state index in [2.05, 4.69) is 5.48 Å². The molecule has 1 atom stereocenters. The molecule has 42 heavy (non-hydrogen) atoms. The van der Waals surface area contributed by atoms with Gasteiger partial charge in [-0.25, -0.2) is 20.0 Å². The summed E-state index contributed by atoms with van der Waals surface area (Å²) in [6.07, 6.45) is 7.89. The Morgan fingerprint density at radius 3 is 2.14 bits per heavy atom. The maximum atomic E-state index is 13.8. The first-order valence-electron chi connectivity index (χ1n) is 14.2. The molecule has 0 fully saturated rings. The van der Waals surface area contributed by atoms with Gasteiger partial charge in [0, 0.05) is 18.8 Å². The molecule has 0 saturated carbocycles. The van der Waals surface area contributed by atoms with Gasteiger partial charge < -0.3 is 0 Å². The molecule has 8 heteroatoms. The topological polar surface area (TPSA) is 85.6 Å². The van der Waals surface area contributed by atoms with Crippen molar-refractivity contribution in [1.29, 1.82) is 0 Å². The van der Waals surface area contributed by atoms with Crippen molar-refractivity contribution in [3.63, 3.8) is 0 Å². The zero-order valence-corrected chi connectivity index (χ0v) is 24.1. The highest BCUT2D eigenvalue weighted by Crippen LogP contribution is 2.14. The average Bonchev–Trinajstić information content (AvgIpc) is 3.35. The molecule has 218 valence electrons. The highest BCUT2D eigenvalue weighted by molar-refractivity contribution is 5.95. The van der Waals surface area contributed by atoms with Gasteiger partial charge in [0.05, 0.1) is 13.2 Å². The minimum Gasteiger partial charge on any atom is -0.293 e. The second kappa shape index (κ2) is 15.3. The van der Waals surface area contributed by atoms with Gasteiger partial charge in [0.25, 0.3) is 5.91 Å². The summed E-state index contributed by atoms with van der Waals surface area (Å²) in [7, 11) is 0. The van der Waals surface area contributed by atoms with E-state index >= 15 is 0 Å². The molecule has 4 rings (SSSR count). The summed E-state index contributed by atoms with van der Waals surface area (Å²) >= 11 is 0. The van der Waals surface area contributed by atoms with Crippen LogP contribution in [0, 0.1) is 5.92 Å². The van der Waals surface area contributed by atoms with Gasteiger partial charge >= 0.3 is 5.69 Å². The highest BCUT2D eigenvalue weighted by Gasteiger charge is 2.32. The fraction of sp³-hybridized carbons (Fsp3) is 0.265. The number of carbonyl (C=O) groups is 2. The van der Waals surface area contributed by atoms with Gasteiger partial charge in [0.1, 0.15) is 6.04 Å². The second-order valence-electron chi connectivity index (χ2n) is 10.5. The van der Waals surface area contributed by atoms with Crippen molar-refractivity contribution in [2.45, 2.75) is 52.3 Å². The van der Waals surface area contributed by atoms with Crippen LogP contribution in [0.4, 0.5) is 0 Å². The predicted molar refractivity (Wildman–Crippen MR) is 165 cm³/mol. The maximum Gasteiger partial charge on any atom is 0.347 e. The molecule has 0 spiro atoms. The summed E-state index contributed by atoms with van der Waals surface area (Å²) in [6.45, 7) is 4.56. The molecule has 4 aromatic rings. The molecule has 0 unspecified atom stereocenters. The Morgan fingerprint density at radius 2 is 1.50 bits per heavy atom. The number of rotatable bonds is 14. The summed E-state index contributed by atoms with van der Waals surface area (Å²) in [5.41, 5.74) is 4.91. The molecular weight excluding hydrogens is 528 g/mol. The van der Waals surface area contributed by atoms with E-state index in [-0.39, 0.29) is 31.3 Å². The normalized spacial score (nSPS) is 12.0. The third-order valence-electron chi connectivity index (χ3n) is 6.77. The Morgan fingerprint density at radius 1 is 0.881 bits per heavy atom. The molecule has 0 bridgehead atoms. The number of aromatic nitrogens is 2. The van der Waals surface area contributed by atoms with Crippen LogP contribution >= 0.6 is 0 Å². The minimum atomic E-state index is -1.04. The van der Waals surface area contributed by atoms with Crippen molar-refractivity contribution < 1.29 is 14.4 Å². The van der Waals surface area contributed by atoms with Crippen LogP contribution in [0.5, 0.6) is 0 Å². The van der Waals surface area contributed by atoms with Gasteiger partial charge in [0.2, 0.25) is 5.91 Å². The SMILES string of the molecule is CC(C)CCC(=O)N([C@@H](CC=Cc1ccccc1)C(=O)NOCc1ccccc1)n1ccn(Cc2ccccc2)c1=O. The van der Waals surface area contributed by atoms with Crippen LogP contribution in [0.2, 0.25) is 0 Å². The van der Waals surface area contributed by atoms with Gasteiger partial charge in [-0.2, -0.15) is 0 Å². The molecule has 0 aliphatic rings. The summed E-state index contributed by atoms with van der Waals surface area (Å²) in [5.74, 6) is -0.571. The first-order valence-corrected chi connectivity index (χ1v) is 14.2. The molecule has 0 saturated heterocycles. The van der Waals surface area contributed by atoms with Crippen LogP contribution in [-0.2, 0) is 27.6 Å². The minimum absolute atomic E-state index is 0.161.